The molecular formula is C15H20N2O. The number of aryl methyl sites for hydroxylation is 2. The topological polar surface area (TPSA) is 32.3 Å². The van der Waals surface area contributed by atoms with Crippen molar-refractivity contribution in [2.75, 3.05) is 25.0 Å². The van der Waals surface area contributed by atoms with Crippen molar-refractivity contribution in [3.63, 3.8) is 0 Å². The van der Waals surface area contributed by atoms with E-state index in [4.69, 9.17) is 0 Å². The third-order valence-corrected chi connectivity index (χ3v) is 4.00. The molecule has 96 valence electrons. The molecule has 3 rings (SSSR count). The molecule has 0 bridgehead atoms. The van der Waals surface area contributed by atoms with Gasteiger partial charge >= 0.3 is 0 Å². The molecule has 2 aliphatic heterocycles. The van der Waals surface area contributed by atoms with Crippen LogP contribution in [-0.4, -0.2) is 26.0 Å². The summed E-state index contributed by atoms with van der Waals surface area (Å²) >= 11 is 0. The minimum absolute atomic E-state index is 0.309. The van der Waals surface area contributed by atoms with Crippen molar-refractivity contribution in [2.45, 2.75) is 32.1 Å². The molecule has 0 aromatic heterocycles. The fourth-order valence-corrected chi connectivity index (χ4v) is 3.14. The Labute approximate surface area is 108 Å². The molecule has 0 unspecified atom stereocenters. The summed E-state index contributed by atoms with van der Waals surface area (Å²) in [5.41, 5.74) is 5.46. The highest BCUT2D eigenvalue weighted by Crippen LogP contribution is 2.37. The van der Waals surface area contributed by atoms with Crippen LogP contribution in [0.25, 0.3) is 0 Å². The average molecular weight is 244 g/mol. The first-order chi connectivity index (χ1) is 8.79. The first-order valence-corrected chi connectivity index (χ1v) is 6.89. The molecule has 1 amide bonds. The SMILES string of the molecule is CNCCCc1cc2c3c(c1)CCN3C(=O)CC2. The zero-order chi connectivity index (χ0) is 12.5. The average Bonchev–Trinajstić information content (AvgIpc) is 2.80. The molecule has 2 aliphatic rings. The summed E-state index contributed by atoms with van der Waals surface area (Å²) < 4.78 is 0. The van der Waals surface area contributed by atoms with Crippen LogP contribution in [0.15, 0.2) is 12.1 Å². The predicted molar refractivity (Wildman–Crippen MR) is 73.1 cm³/mol. The number of rotatable bonds is 4. The largest absolute Gasteiger partial charge is 0.320 e. The van der Waals surface area contributed by atoms with Crippen LogP contribution in [0.5, 0.6) is 0 Å². The number of benzene rings is 1. The van der Waals surface area contributed by atoms with Crippen molar-refractivity contribution in [1.29, 1.82) is 0 Å². The molecule has 1 aromatic carbocycles. The molecule has 0 saturated heterocycles. The summed E-state index contributed by atoms with van der Waals surface area (Å²) in [7, 11) is 2.00. The van der Waals surface area contributed by atoms with Gasteiger partial charge in [0.1, 0.15) is 0 Å². The molecule has 2 heterocycles. The van der Waals surface area contributed by atoms with Gasteiger partial charge in [0.25, 0.3) is 0 Å². The highest BCUT2D eigenvalue weighted by molar-refractivity contribution is 5.98. The van der Waals surface area contributed by atoms with Gasteiger partial charge in [-0.25, -0.2) is 0 Å². The van der Waals surface area contributed by atoms with E-state index >= 15 is 0 Å². The van der Waals surface area contributed by atoms with E-state index < -0.39 is 0 Å². The lowest BCUT2D eigenvalue weighted by Gasteiger charge is -2.25. The molecule has 1 aromatic rings. The van der Waals surface area contributed by atoms with Crippen LogP contribution < -0.4 is 10.2 Å². The minimum atomic E-state index is 0.309. The Kier molecular flexibility index (Phi) is 3.08. The van der Waals surface area contributed by atoms with E-state index in [-0.39, 0.29) is 0 Å². The molecule has 0 fully saturated rings. The van der Waals surface area contributed by atoms with E-state index in [1.165, 1.54) is 28.8 Å². The number of amides is 1. The molecule has 0 radical (unpaired) electrons. The summed E-state index contributed by atoms with van der Waals surface area (Å²) in [5, 5.41) is 3.19. The minimum Gasteiger partial charge on any atom is -0.320 e. The summed E-state index contributed by atoms with van der Waals surface area (Å²) in [5.74, 6) is 0.309. The van der Waals surface area contributed by atoms with Gasteiger partial charge in [-0.05, 0) is 56.0 Å². The Bertz CT molecular complexity index is 482. The van der Waals surface area contributed by atoms with Crippen LogP contribution >= 0.6 is 0 Å². The summed E-state index contributed by atoms with van der Waals surface area (Å²) in [6, 6.07) is 4.63. The van der Waals surface area contributed by atoms with E-state index in [9.17, 15) is 4.79 Å². The Balaban J connectivity index is 1.87. The van der Waals surface area contributed by atoms with Crippen molar-refractivity contribution in [2.24, 2.45) is 0 Å². The van der Waals surface area contributed by atoms with Gasteiger partial charge in [-0.1, -0.05) is 12.1 Å². The maximum Gasteiger partial charge on any atom is 0.227 e. The third kappa shape index (κ3) is 1.93. The molecule has 18 heavy (non-hydrogen) atoms. The van der Waals surface area contributed by atoms with Crippen molar-refractivity contribution in [3.8, 4) is 0 Å². The van der Waals surface area contributed by atoms with E-state index in [1.54, 1.807) is 0 Å². The molecular weight excluding hydrogens is 224 g/mol. The Morgan fingerprint density at radius 3 is 2.78 bits per heavy atom. The lowest BCUT2D eigenvalue weighted by Crippen LogP contribution is -2.32. The van der Waals surface area contributed by atoms with Crippen molar-refractivity contribution < 1.29 is 4.79 Å². The van der Waals surface area contributed by atoms with Crippen LogP contribution in [0.1, 0.15) is 29.5 Å². The van der Waals surface area contributed by atoms with Gasteiger partial charge in [-0.15, -0.1) is 0 Å². The van der Waals surface area contributed by atoms with Gasteiger partial charge in [0.05, 0.1) is 5.69 Å². The monoisotopic (exact) mass is 244 g/mol. The zero-order valence-electron chi connectivity index (χ0n) is 11.0. The van der Waals surface area contributed by atoms with Crippen LogP contribution in [0, 0.1) is 0 Å². The van der Waals surface area contributed by atoms with Gasteiger partial charge in [-0.2, -0.15) is 0 Å². The molecule has 3 heteroatoms. The van der Waals surface area contributed by atoms with E-state index in [0.717, 1.165) is 32.4 Å². The van der Waals surface area contributed by atoms with Crippen molar-refractivity contribution in [3.05, 3.63) is 28.8 Å². The number of anilines is 1. The summed E-state index contributed by atoms with van der Waals surface area (Å²) in [4.78, 5) is 13.8. The maximum atomic E-state index is 11.8. The summed E-state index contributed by atoms with van der Waals surface area (Å²) in [6.45, 7) is 1.96. The highest BCUT2D eigenvalue weighted by Gasteiger charge is 2.31. The molecule has 0 atom stereocenters. The summed E-state index contributed by atoms with van der Waals surface area (Å²) in [6.07, 6.45) is 4.96. The first kappa shape index (κ1) is 11.7. The quantitative estimate of drug-likeness (QED) is 0.817. The number of hydrogen-bond donors (Lipinski definition) is 1. The lowest BCUT2D eigenvalue weighted by atomic mass is 9.95. The van der Waals surface area contributed by atoms with E-state index in [0.29, 0.717) is 12.3 Å². The lowest BCUT2D eigenvalue weighted by molar-refractivity contribution is -0.118. The standard InChI is InChI=1S/C15H20N2O/c1-16-7-2-3-11-9-12-4-5-14(18)17-8-6-13(10-11)15(12)17/h9-10,16H,2-8H2,1H3. The number of nitrogens with zero attached hydrogens (tertiary/aromatic N) is 1. The van der Waals surface area contributed by atoms with Gasteiger partial charge < -0.3 is 10.2 Å². The van der Waals surface area contributed by atoms with Crippen LogP contribution in [0.2, 0.25) is 0 Å². The van der Waals surface area contributed by atoms with Gasteiger partial charge in [0.2, 0.25) is 5.91 Å². The van der Waals surface area contributed by atoms with E-state index in [2.05, 4.69) is 17.4 Å². The van der Waals surface area contributed by atoms with Gasteiger partial charge in [-0.3, -0.25) is 4.79 Å². The Hall–Kier alpha value is -1.35. The van der Waals surface area contributed by atoms with Crippen LogP contribution in [0.3, 0.4) is 0 Å². The molecule has 1 N–H and O–H groups in total. The van der Waals surface area contributed by atoms with Crippen molar-refractivity contribution >= 4 is 11.6 Å². The second-order valence-corrected chi connectivity index (χ2v) is 5.27. The molecule has 0 aliphatic carbocycles. The number of nitrogens with one attached hydrogen (secondary N) is 1. The van der Waals surface area contributed by atoms with Crippen LogP contribution in [-0.2, 0) is 24.1 Å². The van der Waals surface area contributed by atoms with E-state index in [1.807, 2.05) is 11.9 Å². The number of hydrogen-bond acceptors (Lipinski definition) is 2. The highest BCUT2D eigenvalue weighted by atomic mass is 16.2. The Morgan fingerprint density at radius 1 is 1.22 bits per heavy atom. The third-order valence-electron chi connectivity index (χ3n) is 4.00. The second-order valence-electron chi connectivity index (χ2n) is 5.27. The first-order valence-electron chi connectivity index (χ1n) is 6.89. The normalized spacial score (nSPS) is 17.2. The van der Waals surface area contributed by atoms with Gasteiger partial charge in [0, 0.05) is 13.0 Å². The maximum absolute atomic E-state index is 11.8. The van der Waals surface area contributed by atoms with Crippen LogP contribution in [0.4, 0.5) is 5.69 Å². The van der Waals surface area contributed by atoms with Crippen molar-refractivity contribution in [1.82, 2.24) is 5.32 Å². The Morgan fingerprint density at radius 2 is 2.00 bits per heavy atom. The molecule has 0 spiro atoms. The smallest absolute Gasteiger partial charge is 0.227 e. The predicted octanol–water partition coefficient (Wildman–Crippen LogP) is 1.67. The number of carbonyl (C=O) groups excluding carboxylic acids is 1. The molecule has 0 saturated carbocycles. The second kappa shape index (κ2) is 4.73. The number of carbonyl (C=O) groups is 1. The van der Waals surface area contributed by atoms with Gasteiger partial charge in [0.15, 0.2) is 0 Å². The fraction of sp³-hybridized carbons (Fsp3) is 0.533. The zero-order valence-corrected chi connectivity index (χ0v) is 11.0. The fourth-order valence-electron chi connectivity index (χ4n) is 3.14. The molecule has 3 nitrogen and oxygen atoms in total.